The molecule has 2 nitrogen and oxygen atoms in total. The Hall–Kier alpha value is -1.37. The summed E-state index contributed by atoms with van der Waals surface area (Å²) in [6.45, 7) is 0. The Morgan fingerprint density at radius 1 is 0.800 bits per heavy atom. The first kappa shape index (κ1) is 13.6. The van der Waals surface area contributed by atoms with Gasteiger partial charge in [0.15, 0.2) is 23.3 Å². The van der Waals surface area contributed by atoms with Gasteiger partial charge in [0.2, 0.25) is 5.82 Å². The highest BCUT2D eigenvalue weighted by atomic mass is 19.2. The lowest BCUT2D eigenvalue weighted by molar-refractivity contribution is 0.101. The van der Waals surface area contributed by atoms with E-state index in [1.54, 1.807) is 0 Å². The van der Waals surface area contributed by atoms with Crippen molar-refractivity contribution in [1.82, 2.24) is 0 Å². The number of nitrogens with one attached hydrogen (secondary N) is 1. The standard InChI is InChI=1S/C13H12F5NO/c14-6-7(15)9(17)12(10(18)8(6)16)19-11-4-1-2-5(3-4)13(11)20/h4-5,11,13,19-20H,1-3H2. The van der Waals surface area contributed by atoms with Crippen molar-refractivity contribution in [2.45, 2.75) is 31.4 Å². The number of halogens is 5. The van der Waals surface area contributed by atoms with Crippen molar-refractivity contribution in [2.75, 3.05) is 5.32 Å². The Balaban J connectivity index is 1.96. The average molecular weight is 293 g/mol. The fourth-order valence-electron chi connectivity index (χ4n) is 3.36. The van der Waals surface area contributed by atoms with E-state index in [-0.39, 0.29) is 11.8 Å². The van der Waals surface area contributed by atoms with E-state index in [1.165, 1.54) is 0 Å². The highest BCUT2D eigenvalue weighted by Crippen LogP contribution is 2.46. The molecule has 0 saturated heterocycles. The molecule has 2 aliphatic rings. The summed E-state index contributed by atoms with van der Waals surface area (Å²) in [5, 5.41) is 12.3. The highest BCUT2D eigenvalue weighted by molar-refractivity contribution is 5.49. The molecule has 4 atom stereocenters. The van der Waals surface area contributed by atoms with Gasteiger partial charge < -0.3 is 10.4 Å². The van der Waals surface area contributed by atoms with Crippen LogP contribution in [0.4, 0.5) is 27.6 Å². The molecule has 7 heteroatoms. The van der Waals surface area contributed by atoms with E-state index < -0.39 is 46.9 Å². The molecule has 4 unspecified atom stereocenters. The SMILES string of the molecule is OC1C2CCC(C2)C1Nc1c(F)c(F)c(F)c(F)c1F. The van der Waals surface area contributed by atoms with Crippen molar-refractivity contribution in [3.05, 3.63) is 29.1 Å². The third-order valence-corrected chi connectivity index (χ3v) is 4.39. The van der Waals surface area contributed by atoms with Gasteiger partial charge in [0.05, 0.1) is 12.1 Å². The third-order valence-electron chi connectivity index (χ3n) is 4.39. The molecule has 0 amide bonds. The monoisotopic (exact) mass is 293 g/mol. The molecule has 3 rings (SSSR count). The molecular formula is C13H12F5NO. The first-order valence-electron chi connectivity index (χ1n) is 6.37. The van der Waals surface area contributed by atoms with Crippen molar-refractivity contribution >= 4 is 5.69 Å². The molecule has 20 heavy (non-hydrogen) atoms. The second-order valence-corrected chi connectivity index (χ2v) is 5.44. The van der Waals surface area contributed by atoms with E-state index in [9.17, 15) is 27.1 Å². The summed E-state index contributed by atoms with van der Waals surface area (Å²) in [6, 6.07) is -0.679. The van der Waals surface area contributed by atoms with E-state index in [2.05, 4.69) is 5.32 Å². The maximum Gasteiger partial charge on any atom is 0.200 e. The second-order valence-electron chi connectivity index (χ2n) is 5.44. The number of hydrogen-bond donors (Lipinski definition) is 2. The fourth-order valence-corrected chi connectivity index (χ4v) is 3.36. The molecule has 0 aromatic heterocycles. The molecule has 110 valence electrons. The van der Waals surface area contributed by atoms with E-state index in [0.29, 0.717) is 6.42 Å². The minimum absolute atomic E-state index is 0.00928. The maximum absolute atomic E-state index is 13.6. The van der Waals surface area contributed by atoms with Gasteiger partial charge in [-0.25, -0.2) is 22.0 Å². The quantitative estimate of drug-likeness (QED) is 0.499. The van der Waals surface area contributed by atoms with Gasteiger partial charge in [0, 0.05) is 0 Å². The fraction of sp³-hybridized carbons (Fsp3) is 0.538. The Morgan fingerprint density at radius 3 is 1.80 bits per heavy atom. The zero-order valence-corrected chi connectivity index (χ0v) is 10.3. The number of benzene rings is 1. The minimum Gasteiger partial charge on any atom is -0.391 e. The number of fused-ring (bicyclic) bond motifs is 2. The predicted octanol–water partition coefficient (Wildman–Crippen LogP) is 2.95. The maximum atomic E-state index is 13.6. The van der Waals surface area contributed by atoms with Crippen LogP contribution in [0.3, 0.4) is 0 Å². The molecule has 0 radical (unpaired) electrons. The molecule has 2 N–H and O–H groups in total. The topological polar surface area (TPSA) is 32.3 Å². The number of aliphatic hydroxyl groups excluding tert-OH is 1. The van der Waals surface area contributed by atoms with E-state index >= 15 is 0 Å². The molecule has 2 bridgehead atoms. The van der Waals surface area contributed by atoms with Crippen LogP contribution in [0.2, 0.25) is 0 Å². The van der Waals surface area contributed by atoms with Gasteiger partial charge >= 0.3 is 0 Å². The van der Waals surface area contributed by atoms with Crippen LogP contribution in [0.5, 0.6) is 0 Å². The van der Waals surface area contributed by atoms with Crippen LogP contribution >= 0.6 is 0 Å². The largest absolute Gasteiger partial charge is 0.391 e. The Morgan fingerprint density at radius 2 is 1.30 bits per heavy atom. The molecule has 1 aromatic carbocycles. The average Bonchev–Trinajstić information content (AvgIpc) is 3.01. The molecular weight excluding hydrogens is 281 g/mol. The van der Waals surface area contributed by atoms with Crippen LogP contribution in [0, 0.1) is 40.9 Å². The molecule has 1 aromatic rings. The zero-order chi connectivity index (χ0) is 14.6. The lowest BCUT2D eigenvalue weighted by Crippen LogP contribution is -2.39. The van der Waals surface area contributed by atoms with Crippen LogP contribution < -0.4 is 5.32 Å². The summed E-state index contributed by atoms with van der Waals surface area (Å²) in [7, 11) is 0. The van der Waals surface area contributed by atoms with Gasteiger partial charge in [-0.1, -0.05) is 0 Å². The van der Waals surface area contributed by atoms with E-state index in [4.69, 9.17) is 0 Å². The van der Waals surface area contributed by atoms with Crippen molar-refractivity contribution in [3.63, 3.8) is 0 Å². The first-order valence-corrected chi connectivity index (χ1v) is 6.37. The molecule has 0 spiro atoms. The molecule has 2 fully saturated rings. The van der Waals surface area contributed by atoms with Gasteiger partial charge in [0.25, 0.3) is 0 Å². The van der Waals surface area contributed by atoms with Gasteiger partial charge in [-0.2, -0.15) is 0 Å². The highest BCUT2D eigenvalue weighted by Gasteiger charge is 2.47. The summed E-state index contributed by atoms with van der Waals surface area (Å²) < 4.78 is 66.2. The summed E-state index contributed by atoms with van der Waals surface area (Å²) in [4.78, 5) is 0. The van der Waals surface area contributed by atoms with Gasteiger partial charge in [-0.05, 0) is 31.1 Å². The summed E-state index contributed by atoms with van der Waals surface area (Å²) in [5.41, 5.74) is -1.06. The van der Waals surface area contributed by atoms with E-state index in [0.717, 1.165) is 12.8 Å². The smallest absolute Gasteiger partial charge is 0.200 e. The lowest BCUT2D eigenvalue weighted by atomic mass is 9.92. The lowest BCUT2D eigenvalue weighted by Gasteiger charge is -2.29. The van der Waals surface area contributed by atoms with Crippen molar-refractivity contribution in [3.8, 4) is 0 Å². The predicted molar refractivity (Wildman–Crippen MR) is 60.5 cm³/mol. The Kier molecular flexibility index (Phi) is 3.12. The van der Waals surface area contributed by atoms with Crippen LogP contribution in [0.1, 0.15) is 19.3 Å². The van der Waals surface area contributed by atoms with Crippen LogP contribution in [-0.2, 0) is 0 Å². The van der Waals surface area contributed by atoms with E-state index in [1.807, 2.05) is 0 Å². The number of anilines is 1. The number of aliphatic hydroxyl groups is 1. The minimum atomic E-state index is -2.18. The summed E-state index contributed by atoms with van der Waals surface area (Å²) >= 11 is 0. The van der Waals surface area contributed by atoms with Crippen LogP contribution in [0.25, 0.3) is 0 Å². The molecule has 0 aliphatic heterocycles. The number of rotatable bonds is 2. The Labute approximate surface area is 111 Å². The molecule has 0 heterocycles. The second kappa shape index (κ2) is 4.58. The zero-order valence-electron chi connectivity index (χ0n) is 10.3. The van der Waals surface area contributed by atoms with Crippen molar-refractivity contribution < 1.29 is 27.1 Å². The van der Waals surface area contributed by atoms with Crippen LogP contribution in [-0.4, -0.2) is 17.3 Å². The normalized spacial score (nSPS) is 31.9. The summed E-state index contributed by atoms with van der Waals surface area (Å²) in [5.74, 6) is -9.91. The van der Waals surface area contributed by atoms with Gasteiger partial charge in [0.1, 0.15) is 5.69 Å². The molecule has 2 aliphatic carbocycles. The Bertz CT molecular complexity index is 533. The summed E-state index contributed by atoms with van der Waals surface area (Å²) in [6.07, 6.45) is 1.47. The molecule has 2 saturated carbocycles. The van der Waals surface area contributed by atoms with Crippen molar-refractivity contribution in [1.29, 1.82) is 0 Å². The van der Waals surface area contributed by atoms with Gasteiger partial charge in [-0.3, -0.25) is 0 Å². The van der Waals surface area contributed by atoms with Crippen LogP contribution in [0.15, 0.2) is 0 Å². The van der Waals surface area contributed by atoms with Crippen molar-refractivity contribution in [2.24, 2.45) is 11.8 Å². The third kappa shape index (κ3) is 1.79. The number of hydrogen-bond acceptors (Lipinski definition) is 2. The van der Waals surface area contributed by atoms with Gasteiger partial charge in [-0.15, -0.1) is 0 Å². The first-order chi connectivity index (χ1) is 9.41.